The van der Waals surface area contributed by atoms with Crippen molar-refractivity contribution >= 4 is 17.9 Å². The van der Waals surface area contributed by atoms with Crippen molar-refractivity contribution in [3.63, 3.8) is 0 Å². The number of ether oxygens (including phenoxy) is 3. The van der Waals surface area contributed by atoms with Gasteiger partial charge < -0.3 is 24.0 Å². The van der Waals surface area contributed by atoms with Crippen molar-refractivity contribution in [2.45, 2.75) is 19.3 Å². The molecule has 0 unspecified atom stereocenters. The Morgan fingerprint density at radius 2 is 1.52 bits per heavy atom. The number of aromatic nitrogens is 3. The summed E-state index contributed by atoms with van der Waals surface area (Å²) in [4.78, 5) is 29.7. The maximum Gasteiger partial charge on any atom is 0.337 e. The largest absolute Gasteiger partial charge is 0.465 e. The monoisotopic (exact) mass is 399 g/mol. The molecule has 9 nitrogen and oxygen atoms in total. The highest BCUT2D eigenvalue weighted by Gasteiger charge is 2.21. The van der Waals surface area contributed by atoms with Crippen LogP contribution in [0.4, 0.5) is 11.9 Å². The molecule has 2 saturated heterocycles. The molecule has 0 saturated carbocycles. The van der Waals surface area contributed by atoms with Gasteiger partial charge in [0.2, 0.25) is 11.9 Å². The number of esters is 1. The molecular weight excluding hydrogens is 374 g/mol. The summed E-state index contributed by atoms with van der Waals surface area (Å²) in [5, 5.41) is 0. The summed E-state index contributed by atoms with van der Waals surface area (Å²) in [6, 6.07) is 6.94. The summed E-state index contributed by atoms with van der Waals surface area (Å²) in [6.07, 6.45) is 3.49. The number of anilines is 2. The number of methoxy groups -OCH3 is 1. The Hall–Kier alpha value is -2.94. The maximum absolute atomic E-state index is 11.6. The van der Waals surface area contributed by atoms with Crippen LogP contribution in [0.25, 0.3) is 0 Å². The lowest BCUT2D eigenvalue weighted by atomic mass is 10.1. The van der Waals surface area contributed by atoms with Crippen molar-refractivity contribution in [3.8, 4) is 11.8 Å². The van der Waals surface area contributed by atoms with E-state index in [9.17, 15) is 4.79 Å². The van der Waals surface area contributed by atoms with E-state index in [0.717, 1.165) is 39.0 Å². The van der Waals surface area contributed by atoms with Crippen LogP contribution in [-0.4, -0.2) is 67.4 Å². The number of carbonyl (C=O) groups excluding carboxylic acids is 1. The predicted octanol–water partition coefficient (Wildman–Crippen LogP) is 2.28. The molecule has 0 amide bonds. The molecule has 154 valence electrons. The summed E-state index contributed by atoms with van der Waals surface area (Å²) in [5.41, 5.74) is 0.457. The van der Waals surface area contributed by atoms with E-state index in [4.69, 9.17) is 19.2 Å². The fraction of sp³-hybridized carbons (Fsp3) is 0.500. The molecule has 9 heteroatoms. The van der Waals surface area contributed by atoms with Crippen molar-refractivity contribution in [3.05, 3.63) is 29.8 Å². The van der Waals surface area contributed by atoms with Gasteiger partial charge in [0.1, 0.15) is 5.75 Å². The molecule has 2 aliphatic heterocycles. The average molecular weight is 399 g/mol. The number of morpholine rings is 1. The zero-order valence-electron chi connectivity index (χ0n) is 16.5. The number of carbonyl (C=O) groups is 1. The first-order valence-corrected chi connectivity index (χ1v) is 9.93. The molecule has 0 bridgehead atoms. The highest BCUT2D eigenvalue weighted by Crippen LogP contribution is 2.25. The van der Waals surface area contributed by atoms with Crippen LogP contribution in [0.3, 0.4) is 0 Å². The quantitative estimate of drug-likeness (QED) is 0.702. The molecule has 2 aromatic rings. The van der Waals surface area contributed by atoms with Crippen molar-refractivity contribution in [2.75, 3.05) is 56.3 Å². The zero-order valence-corrected chi connectivity index (χ0v) is 16.5. The van der Waals surface area contributed by atoms with Gasteiger partial charge in [0.05, 0.1) is 25.9 Å². The molecular formula is C20H25N5O4. The van der Waals surface area contributed by atoms with Crippen molar-refractivity contribution in [1.29, 1.82) is 0 Å². The Labute approximate surface area is 169 Å². The molecule has 3 heterocycles. The second kappa shape index (κ2) is 9.04. The molecule has 1 aromatic heterocycles. The smallest absolute Gasteiger partial charge is 0.337 e. The Morgan fingerprint density at radius 3 is 2.14 bits per heavy atom. The third-order valence-electron chi connectivity index (χ3n) is 5.01. The van der Waals surface area contributed by atoms with E-state index in [0.29, 0.717) is 36.4 Å². The molecule has 0 N–H and O–H groups in total. The number of hydrogen-bond donors (Lipinski definition) is 0. The lowest BCUT2D eigenvalue weighted by Gasteiger charge is -2.30. The maximum atomic E-state index is 11.6. The van der Waals surface area contributed by atoms with Gasteiger partial charge in [-0.3, -0.25) is 0 Å². The van der Waals surface area contributed by atoms with Gasteiger partial charge >= 0.3 is 12.0 Å². The molecule has 0 aliphatic carbocycles. The first kappa shape index (κ1) is 19.4. The van der Waals surface area contributed by atoms with Gasteiger partial charge in [0, 0.05) is 26.2 Å². The molecule has 2 aliphatic rings. The van der Waals surface area contributed by atoms with E-state index in [-0.39, 0.29) is 6.01 Å². The molecule has 0 atom stereocenters. The van der Waals surface area contributed by atoms with Crippen LogP contribution in [0.2, 0.25) is 0 Å². The number of nitrogens with zero attached hydrogens (tertiary/aromatic N) is 5. The molecule has 4 rings (SSSR count). The van der Waals surface area contributed by atoms with Gasteiger partial charge in [-0.2, -0.15) is 15.0 Å². The van der Waals surface area contributed by atoms with Crippen LogP contribution >= 0.6 is 0 Å². The van der Waals surface area contributed by atoms with E-state index < -0.39 is 5.97 Å². The Bertz CT molecular complexity index is 797. The third-order valence-corrected chi connectivity index (χ3v) is 5.01. The predicted molar refractivity (Wildman–Crippen MR) is 107 cm³/mol. The average Bonchev–Trinajstić information content (AvgIpc) is 2.80. The number of piperidine rings is 1. The van der Waals surface area contributed by atoms with Gasteiger partial charge in [0.25, 0.3) is 0 Å². The highest BCUT2D eigenvalue weighted by atomic mass is 16.5. The lowest BCUT2D eigenvalue weighted by Crippen LogP contribution is -2.38. The summed E-state index contributed by atoms with van der Waals surface area (Å²) in [6.45, 7) is 4.62. The number of benzene rings is 1. The normalized spacial score (nSPS) is 17.1. The summed E-state index contributed by atoms with van der Waals surface area (Å²) >= 11 is 0. The summed E-state index contributed by atoms with van der Waals surface area (Å²) < 4.78 is 16.1. The Morgan fingerprint density at radius 1 is 0.897 bits per heavy atom. The minimum Gasteiger partial charge on any atom is -0.465 e. The van der Waals surface area contributed by atoms with Crippen molar-refractivity contribution in [2.24, 2.45) is 0 Å². The van der Waals surface area contributed by atoms with Crippen LogP contribution in [0.5, 0.6) is 11.8 Å². The molecule has 0 radical (unpaired) electrons. The van der Waals surface area contributed by atoms with Crippen LogP contribution in [0.1, 0.15) is 29.6 Å². The highest BCUT2D eigenvalue weighted by molar-refractivity contribution is 5.89. The SMILES string of the molecule is COC(=O)c1ccc(Oc2nc(N3CCCCC3)nc(N3CCOCC3)n2)cc1. The van der Waals surface area contributed by atoms with Crippen molar-refractivity contribution < 1.29 is 19.0 Å². The second-order valence-electron chi connectivity index (χ2n) is 6.98. The molecule has 1 aromatic carbocycles. The van der Waals surface area contributed by atoms with E-state index in [1.165, 1.54) is 13.5 Å². The van der Waals surface area contributed by atoms with Gasteiger partial charge in [-0.15, -0.1) is 0 Å². The van der Waals surface area contributed by atoms with Crippen LogP contribution in [-0.2, 0) is 9.47 Å². The van der Waals surface area contributed by atoms with E-state index in [1.54, 1.807) is 24.3 Å². The first-order chi connectivity index (χ1) is 14.2. The van der Waals surface area contributed by atoms with Gasteiger partial charge in [-0.05, 0) is 43.5 Å². The van der Waals surface area contributed by atoms with Gasteiger partial charge in [0.15, 0.2) is 0 Å². The van der Waals surface area contributed by atoms with Crippen LogP contribution in [0.15, 0.2) is 24.3 Å². The number of hydrogen-bond acceptors (Lipinski definition) is 9. The standard InChI is InChI=1S/C20H25N5O4/c1-27-17(26)15-5-7-16(8-6-15)29-20-22-18(24-9-3-2-4-10-24)21-19(23-20)25-11-13-28-14-12-25/h5-8H,2-4,9-14H2,1H3. The van der Waals surface area contributed by atoms with E-state index in [2.05, 4.69) is 19.8 Å². The fourth-order valence-electron chi connectivity index (χ4n) is 3.40. The number of rotatable bonds is 5. The minimum atomic E-state index is -0.390. The molecule has 2 fully saturated rings. The van der Waals surface area contributed by atoms with Gasteiger partial charge in [-0.25, -0.2) is 4.79 Å². The minimum absolute atomic E-state index is 0.243. The third kappa shape index (κ3) is 4.73. The van der Waals surface area contributed by atoms with E-state index >= 15 is 0 Å². The molecule has 29 heavy (non-hydrogen) atoms. The summed E-state index contributed by atoms with van der Waals surface area (Å²) in [5.74, 6) is 1.40. The molecule has 0 spiro atoms. The zero-order chi connectivity index (χ0) is 20.1. The van der Waals surface area contributed by atoms with E-state index in [1.807, 2.05) is 0 Å². The second-order valence-corrected chi connectivity index (χ2v) is 6.98. The van der Waals surface area contributed by atoms with Gasteiger partial charge in [-0.1, -0.05) is 0 Å². The van der Waals surface area contributed by atoms with Crippen LogP contribution in [0, 0.1) is 0 Å². The van der Waals surface area contributed by atoms with Crippen molar-refractivity contribution in [1.82, 2.24) is 15.0 Å². The fourth-order valence-corrected chi connectivity index (χ4v) is 3.40. The Balaban J connectivity index is 1.59. The first-order valence-electron chi connectivity index (χ1n) is 9.93. The Kier molecular flexibility index (Phi) is 6.04. The topological polar surface area (TPSA) is 89.9 Å². The summed E-state index contributed by atoms with van der Waals surface area (Å²) in [7, 11) is 1.35. The van der Waals surface area contributed by atoms with Crippen LogP contribution < -0.4 is 14.5 Å². The lowest BCUT2D eigenvalue weighted by molar-refractivity contribution is 0.0600.